The van der Waals surface area contributed by atoms with Crippen molar-refractivity contribution in [1.82, 2.24) is 4.98 Å². The molecule has 0 saturated heterocycles. The van der Waals surface area contributed by atoms with Crippen LogP contribution in [0.2, 0.25) is 0 Å². The number of thiazole rings is 1. The Hall–Kier alpha value is -1.68. The van der Waals surface area contributed by atoms with E-state index < -0.39 is 5.97 Å². The fourth-order valence-electron chi connectivity index (χ4n) is 2.21. The molecule has 4 heteroatoms. The fourth-order valence-corrected chi connectivity index (χ4v) is 3.31. The van der Waals surface area contributed by atoms with Crippen molar-refractivity contribution in [2.45, 2.75) is 46.0 Å². The van der Waals surface area contributed by atoms with Crippen LogP contribution in [-0.2, 0) is 17.6 Å². The first-order valence-electron chi connectivity index (χ1n) is 7.21. The third kappa shape index (κ3) is 4.39. The lowest BCUT2D eigenvalue weighted by Gasteiger charge is -2.05. The highest BCUT2D eigenvalue weighted by Crippen LogP contribution is 2.23. The minimum atomic E-state index is -0.756. The lowest BCUT2D eigenvalue weighted by Crippen LogP contribution is -1.96. The number of carbonyl (C=O) groups is 1. The molecule has 1 aromatic carbocycles. The number of aliphatic carboxylic acids is 1. The van der Waals surface area contributed by atoms with Crippen LogP contribution < -0.4 is 0 Å². The van der Waals surface area contributed by atoms with Crippen LogP contribution in [0.4, 0.5) is 0 Å². The second-order valence-electron chi connectivity index (χ2n) is 5.58. The molecule has 0 aliphatic heterocycles. The number of aromatic nitrogens is 1. The van der Waals surface area contributed by atoms with Crippen molar-refractivity contribution in [1.29, 1.82) is 0 Å². The molecule has 0 amide bonds. The summed E-state index contributed by atoms with van der Waals surface area (Å²) in [6, 6.07) is 8.66. The van der Waals surface area contributed by atoms with Gasteiger partial charge in [0.1, 0.15) is 0 Å². The minimum absolute atomic E-state index is 0.172. The van der Waals surface area contributed by atoms with Crippen LogP contribution >= 0.6 is 11.3 Å². The molecule has 0 fully saturated rings. The topological polar surface area (TPSA) is 50.2 Å². The van der Waals surface area contributed by atoms with Crippen molar-refractivity contribution in [2.24, 2.45) is 0 Å². The molecule has 0 saturated carbocycles. The van der Waals surface area contributed by atoms with Crippen molar-refractivity contribution >= 4 is 17.3 Å². The van der Waals surface area contributed by atoms with Gasteiger partial charge >= 0.3 is 5.97 Å². The average Bonchev–Trinajstić information content (AvgIpc) is 2.77. The highest BCUT2D eigenvalue weighted by atomic mass is 32.1. The Morgan fingerprint density at radius 2 is 1.95 bits per heavy atom. The molecule has 0 spiro atoms. The van der Waals surface area contributed by atoms with Gasteiger partial charge in [-0.3, -0.25) is 4.79 Å². The highest BCUT2D eigenvalue weighted by molar-refractivity contribution is 7.11. The minimum Gasteiger partial charge on any atom is -0.481 e. The zero-order valence-corrected chi connectivity index (χ0v) is 13.5. The van der Waals surface area contributed by atoms with Gasteiger partial charge in [-0.15, -0.1) is 11.3 Å². The van der Waals surface area contributed by atoms with E-state index in [9.17, 15) is 4.79 Å². The predicted octanol–water partition coefficient (Wildman–Crippen LogP) is 4.18. The first kappa shape index (κ1) is 15.7. The lowest BCUT2D eigenvalue weighted by atomic mass is 10.0. The zero-order valence-electron chi connectivity index (χ0n) is 12.7. The van der Waals surface area contributed by atoms with Crippen molar-refractivity contribution in [3.05, 3.63) is 51.0 Å². The Labute approximate surface area is 129 Å². The molecule has 21 heavy (non-hydrogen) atoms. The molecule has 0 radical (unpaired) electrons. The second-order valence-corrected chi connectivity index (χ2v) is 6.75. The first-order valence-corrected chi connectivity index (χ1v) is 8.03. The molecule has 0 aliphatic rings. The van der Waals surface area contributed by atoms with Gasteiger partial charge in [-0.1, -0.05) is 38.1 Å². The summed E-state index contributed by atoms with van der Waals surface area (Å²) >= 11 is 1.63. The number of carboxylic acids is 1. The van der Waals surface area contributed by atoms with Crippen LogP contribution in [0.3, 0.4) is 0 Å². The number of benzene rings is 1. The van der Waals surface area contributed by atoms with Gasteiger partial charge in [0.2, 0.25) is 0 Å². The van der Waals surface area contributed by atoms with E-state index in [4.69, 9.17) is 5.11 Å². The van der Waals surface area contributed by atoms with Gasteiger partial charge in [-0.2, -0.15) is 0 Å². The van der Waals surface area contributed by atoms with Crippen LogP contribution in [0, 0.1) is 6.92 Å². The second kappa shape index (κ2) is 6.85. The van der Waals surface area contributed by atoms with Gasteiger partial charge in [0.25, 0.3) is 0 Å². The zero-order chi connectivity index (χ0) is 15.4. The number of hydrogen-bond donors (Lipinski definition) is 1. The Bertz CT molecular complexity index is 614. The van der Waals surface area contributed by atoms with Gasteiger partial charge in [0.05, 0.1) is 17.1 Å². The summed E-state index contributed by atoms with van der Waals surface area (Å²) in [6.07, 6.45) is 1.56. The Kier molecular flexibility index (Phi) is 5.12. The van der Waals surface area contributed by atoms with Gasteiger partial charge in [-0.25, -0.2) is 4.98 Å². The molecule has 0 aliphatic carbocycles. The Morgan fingerprint density at radius 1 is 1.29 bits per heavy atom. The third-order valence-corrected chi connectivity index (χ3v) is 4.72. The van der Waals surface area contributed by atoms with Gasteiger partial charge in [0, 0.05) is 11.3 Å². The summed E-state index contributed by atoms with van der Waals surface area (Å²) in [5.41, 5.74) is 3.56. The summed E-state index contributed by atoms with van der Waals surface area (Å²) in [5, 5.41) is 9.82. The quantitative estimate of drug-likeness (QED) is 0.870. The standard InChI is InChI=1S/C17H21NO2S/c1-11(2)14-6-4-13(5-7-14)10-16-18-12(3)15(21-16)8-9-17(19)20/h4-7,11H,8-10H2,1-3H3,(H,19,20). The van der Waals surface area contributed by atoms with E-state index in [2.05, 4.69) is 43.1 Å². The van der Waals surface area contributed by atoms with Crippen LogP contribution in [0.1, 0.15) is 52.9 Å². The molecular weight excluding hydrogens is 282 g/mol. The van der Waals surface area contributed by atoms with Gasteiger partial charge in [0.15, 0.2) is 0 Å². The maximum atomic E-state index is 10.7. The molecule has 0 atom stereocenters. The van der Waals surface area contributed by atoms with E-state index in [0.29, 0.717) is 12.3 Å². The Balaban J connectivity index is 2.05. The summed E-state index contributed by atoms with van der Waals surface area (Å²) in [7, 11) is 0. The van der Waals surface area contributed by atoms with Crippen molar-refractivity contribution < 1.29 is 9.90 Å². The van der Waals surface area contributed by atoms with E-state index in [1.165, 1.54) is 11.1 Å². The molecule has 0 bridgehead atoms. The Morgan fingerprint density at radius 3 is 2.52 bits per heavy atom. The summed E-state index contributed by atoms with van der Waals surface area (Å²) in [6.45, 7) is 6.33. The number of rotatable bonds is 6. The van der Waals surface area contributed by atoms with E-state index in [-0.39, 0.29) is 6.42 Å². The molecule has 3 nitrogen and oxygen atoms in total. The molecule has 1 aromatic heterocycles. The third-order valence-electron chi connectivity index (χ3n) is 3.50. The summed E-state index contributed by atoms with van der Waals surface area (Å²) in [4.78, 5) is 16.3. The molecule has 1 N–H and O–H groups in total. The van der Waals surface area contributed by atoms with E-state index >= 15 is 0 Å². The SMILES string of the molecule is Cc1nc(Cc2ccc(C(C)C)cc2)sc1CCC(=O)O. The normalized spacial score (nSPS) is 11.0. The average molecular weight is 303 g/mol. The van der Waals surface area contributed by atoms with E-state index in [0.717, 1.165) is 22.0 Å². The summed E-state index contributed by atoms with van der Waals surface area (Å²) < 4.78 is 0. The van der Waals surface area contributed by atoms with Gasteiger partial charge < -0.3 is 5.11 Å². The van der Waals surface area contributed by atoms with Crippen LogP contribution in [0.15, 0.2) is 24.3 Å². The molecule has 112 valence electrons. The number of hydrogen-bond acceptors (Lipinski definition) is 3. The number of nitrogens with zero attached hydrogens (tertiary/aromatic N) is 1. The number of aryl methyl sites for hydroxylation is 2. The molecule has 0 unspecified atom stereocenters. The molecule has 2 rings (SSSR count). The van der Waals surface area contributed by atoms with E-state index in [1.807, 2.05) is 6.92 Å². The number of carboxylic acid groups (broad SMARTS) is 1. The highest BCUT2D eigenvalue weighted by Gasteiger charge is 2.10. The van der Waals surface area contributed by atoms with Gasteiger partial charge in [-0.05, 0) is 30.4 Å². The smallest absolute Gasteiger partial charge is 0.303 e. The monoisotopic (exact) mass is 303 g/mol. The summed E-state index contributed by atoms with van der Waals surface area (Å²) in [5.74, 6) is -0.211. The van der Waals surface area contributed by atoms with Crippen molar-refractivity contribution in [2.75, 3.05) is 0 Å². The van der Waals surface area contributed by atoms with Crippen LogP contribution in [0.25, 0.3) is 0 Å². The maximum Gasteiger partial charge on any atom is 0.303 e. The molecule has 1 heterocycles. The van der Waals surface area contributed by atoms with Crippen LogP contribution in [-0.4, -0.2) is 16.1 Å². The maximum absolute atomic E-state index is 10.7. The van der Waals surface area contributed by atoms with Crippen LogP contribution in [0.5, 0.6) is 0 Å². The molecule has 2 aromatic rings. The van der Waals surface area contributed by atoms with E-state index in [1.54, 1.807) is 11.3 Å². The largest absolute Gasteiger partial charge is 0.481 e. The first-order chi connectivity index (χ1) is 9.95. The van der Waals surface area contributed by atoms with Crippen molar-refractivity contribution in [3.8, 4) is 0 Å². The fraction of sp³-hybridized carbons (Fsp3) is 0.412. The molecular formula is C17H21NO2S. The van der Waals surface area contributed by atoms with Crippen molar-refractivity contribution in [3.63, 3.8) is 0 Å². The lowest BCUT2D eigenvalue weighted by molar-refractivity contribution is -0.136. The predicted molar refractivity (Wildman–Crippen MR) is 86.1 cm³/mol.